The zero-order chi connectivity index (χ0) is 23.3. The summed E-state index contributed by atoms with van der Waals surface area (Å²) in [7, 11) is -2.28. The monoisotopic (exact) mass is 494 g/mol. The largest absolute Gasteiger partial charge is 0.497 e. The number of anilines is 2. The van der Waals surface area contributed by atoms with Crippen molar-refractivity contribution in [1.29, 1.82) is 0 Å². The van der Waals surface area contributed by atoms with Gasteiger partial charge in [0.15, 0.2) is 6.61 Å². The van der Waals surface area contributed by atoms with Crippen molar-refractivity contribution >= 4 is 50.5 Å². The van der Waals surface area contributed by atoms with Crippen molar-refractivity contribution in [3.63, 3.8) is 0 Å². The number of methoxy groups -OCH3 is 1. The molecule has 0 aliphatic rings. The van der Waals surface area contributed by atoms with E-state index in [4.69, 9.17) is 32.7 Å². The third kappa shape index (κ3) is 6.06. The van der Waals surface area contributed by atoms with Gasteiger partial charge in [0, 0.05) is 10.7 Å². The van der Waals surface area contributed by atoms with Gasteiger partial charge in [0.1, 0.15) is 11.5 Å². The van der Waals surface area contributed by atoms with E-state index in [9.17, 15) is 13.2 Å². The number of carbonyl (C=O) groups excluding carboxylic acids is 1. The number of nitrogens with one attached hydrogen (secondary N) is 2. The third-order valence-electron chi connectivity index (χ3n) is 4.36. The van der Waals surface area contributed by atoms with Gasteiger partial charge in [0.2, 0.25) is 0 Å². The van der Waals surface area contributed by atoms with Crippen LogP contribution in [0.25, 0.3) is 0 Å². The summed E-state index contributed by atoms with van der Waals surface area (Å²) >= 11 is 11.9. The van der Waals surface area contributed by atoms with Crippen LogP contribution in [0.3, 0.4) is 0 Å². The van der Waals surface area contributed by atoms with Crippen LogP contribution in [-0.4, -0.2) is 28.0 Å². The molecule has 0 unspecified atom stereocenters. The molecule has 0 aromatic heterocycles. The number of hydrogen-bond acceptors (Lipinski definition) is 5. The predicted molar refractivity (Wildman–Crippen MR) is 126 cm³/mol. The van der Waals surface area contributed by atoms with E-state index in [-0.39, 0.29) is 11.5 Å². The first-order valence-electron chi connectivity index (χ1n) is 9.33. The van der Waals surface area contributed by atoms with E-state index in [1.807, 2.05) is 0 Å². The van der Waals surface area contributed by atoms with Gasteiger partial charge in [-0.25, -0.2) is 8.42 Å². The molecule has 0 bridgehead atoms. The normalized spacial score (nSPS) is 11.0. The molecular weight excluding hydrogens is 475 g/mol. The Morgan fingerprint density at radius 1 is 1.00 bits per heavy atom. The fourth-order valence-corrected chi connectivity index (χ4v) is 4.23. The molecule has 0 heterocycles. The molecule has 168 valence electrons. The van der Waals surface area contributed by atoms with Crippen LogP contribution in [0.1, 0.15) is 5.56 Å². The maximum absolute atomic E-state index is 12.7. The minimum Gasteiger partial charge on any atom is -0.497 e. The molecule has 10 heteroatoms. The lowest BCUT2D eigenvalue weighted by atomic mass is 10.2. The SMILES string of the molecule is COc1ccc(NS(=O)(=O)c2ccc(OCC(=O)Nc3cc(Cl)ccc3Cl)c(C)c2)cc1. The topological polar surface area (TPSA) is 93.7 Å². The maximum atomic E-state index is 12.7. The van der Waals surface area contributed by atoms with Gasteiger partial charge in [-0.15, -0.1) is 0 Å². The van der Waals surface area contributed by atoms with Crippen molar-refractivity contribution in [3.05, 3.63) is 76.3 Å². The van der Waals surface area contributed by atoms with Crippen LogP contribution in [0.15, 0.2) is 65.6 Å². The van der Waals surface area contributed by atoms with Crippen molar-refractivity contribution in [3.8, 4) is 11.5 Å². The molecule has 32 heavy (non-hydrogen) atoms. The highest BCUT2D eigenvalue weighted by Gasteiger charge is 2.16. The zero-order valence-corrected chi connectivity index (χ0v) is 19.5. The molecule has 3 aromatic rings. The molecule has 3 aromatic carbocycles. The predicted octanol–water partition coefficient (Wildman–Crippen LogP) is 5.13. The average molecular weight is 495 g/mol. The Kier molecular flexibility index (Phi) is 7.50. The lowest BCUT2D eigenvalue weighted by molar-refractivity contribution is -0.118. The third-order valence-corrected chi connectivity index (χ3v) is 6.30. The lowest BCUT2D eigenvalue weighted by Crippen LogP contribution is -2.20. The van der Waals surface area contributed by atoms with E-state index in [1.165, 1.54) is 31.4 Å². The molecule has 1 amide bonds. The Morgan fingerprint density at radius 3 is 2.38 bits per heavy atom. The first-order chi connectivity index (χ1) is 15.2. The van der Waals surface area contributed by atoms with E-state index in [0.717, 1.165) is 0 Å². The average Bonchev–Trinajstić information content (AvgIpc) is 2.75. The first-order valence-corrected chi connectivity index (χ1v) is 11.6. The van der Waals surface area contributed by atoms with Crippen LogP contribution >= 0.6 is 23.2 Å². The molecule has 3 rings (SSSR count). The number of sulfonamides is 1. The minimum atomic E-state index is -3.81. The Bertz CT molecular complexity index is 1230. The fourth-order valence-electron chi connectivity index (χ4n) is 2.75. The summed E-state index contributed by atoms with van der Waals surface area (Å²) < 4.78 is 38.5. The molecule has 0 atom stereocenters. The Labute approximate surface area is 196 Å². The summed E-state index contributed by atoms with van der Waals surface area (Å²) in [6, 6.07) is 15.6. The molecule has 0 aliphatic carbocycles. The summed E-state index contributed by atoms with van der Waals surface area (Å²) in [5, 5.41) is 3.39. The summed E-state index contributed by atoms with van der Waals surface area (Å²) in [5.74, 6) is 0.555. The zero-order valence-electron chi connectivity index (χ0n) is 17.2. The van der Waals surface area contributed by atoms with E-state index < -0.39 is 15.9 Å². The van der Waals surface area contributed by atoms with Crippen molar-refractivity contribution in [2.75, 3.05) is 23.8 Å². The molecule has 0 spiro atoms. The number of rotatable bonds is 8. The van der Waals surface area contributed by atoms with Gasteiger partial charge in [-0.2, -0.15) is 0 Å². The summed E-state index contributed by atoms with van der Waals surface area (Å²) in [6.07, 6.45) is 0. The van der Waals surface area contributed by atoms with Gasteiger partial charge in [-0.1, -0.05) is 23.2 Å². The lowest BCUT2D eigenvalue weighted by Gasteiger charge is -2.13. The molecule has 0 saturated heterocycles. The Hall–Kier alpha value is -2.94. The second-order valence-electron chi connectivity index (χ2n) is 6.72. The second kappa shape index (κ2) is 10.1. The van der Waals surface area contributed by atoms with Crippen molar-refractivity contribution in [2.24, 2.45) is 0 Å². The number of aryl methyl sites for hydroxylation is 1. The van der Waals surface area contributed by atoms with Crippen LogP contribution in [0, 0.1) is 6.92 Å². The molecule has 0 saturated carbocycles. The highest BCUT2D eigenvalue weighted by Crippen LogP contribution is 2.26. The molecule has 0 aliphatic heterocycles. The van der Waals surface area contributed by atoms with E-state index >= 15 is 0 Å². The standard InChI is InChI=1S/C22H20Cl2N2O5S/c1-14-11-18(32(28,29)26-16-4-6-17(30-2)7-5-16)8-10-21(14)31-13-22(27)25-20-12-15(23)3-9-19(20)24/h3-12,26H,13H2,1-2H3,(H,25,27). The number of benzene rings is 3. The van der Waals surface area contributed by atoms with Crippen LogP contribution in [0.2, 0.25) is 10.0 Å². The summed E-state index contributed by atoms with van der Waals surface area (Å²) in [4.78, 5) is 12.2. The maximum Gasteiger partial charge on any atom is 0.262 e. The number of amides is 1. The van der Waals surface area contributed by atoms with Crippen molar-refractivity contribution in [1.82, 2.24) is 0 Å². The number of halogens is 2. The summed E-state index contributed by atoms with van der Waals surface area (Å²) in [6.45, 7) is 1.40. The van der Waals surface area contributed by atoms with Gasteiger partial charge in [-0.3, -0.25) is 9.52 Å². The van der Waals surface area contributed by atoms with Crippen LogP contribution < -0.4 is 19.5 Å². The molecule has 0 fully saturated rings. The van der Waals surface area contributed by atoms with E-state index in [0.29, 0.717) is 38.5 Å². The van der Waals surface area contributed by atoms with Gasteiger partial charge in [-0.05, 0) is 73.2 Å². The van der Waals surface area contributed by atoms with Crippen LogP contribution in [0.4, 0.5) is 11.4 Å². The van der Waals surface area contributed by atoms with Gasteiger partial charge < -0.3 is 14.8 Å². The van der Waals surface area contributed by atoms with Gasteiger partial charge in [0.05, 0.1) is 22.7 Å². The second-order valence-corrected chi connectivity index (χ2v) is 9.25. The molecule has 0 radical (unpaired) electrons. The Morgan fingerprint density at radius 2 is 1.72 bits per heavy atom. The van der Waals surface area contributed by atoms with E-state index in [2.05, 4.69) is 10.0 Å². The Balaban J connectivity index is 1.65. The summed E-state index contributed by atoms with van der Waals surface area (Å²) in [5.41, 5.74) is 1.33. The highest BCUT2D eigenvalue weighted by molar-refractivity contribution is 7.92. The van der Waals surface area contributed by atoms with Crippen LogP contribution in [0.5, 0.6) is 11.5 Å². The molecule has 7 nitrogen and oxygen atoms in total. The van der Waals surface area contributed by atoms with Crippen molar-refractivity contribution < 1.29 is 22.7 Å². The van der Waals surface area contributed by atoms with Crippen molar-refractivity contribution in [2.45, 2.75) is 11.8 Å². The van der Waals surface area contributed by atoms with Gasteiger partial charge >= 0.3 is 0 Å². The fraction of sp³-hybridized carbons (Fsp3) is 0.136. The molecular formula is C22H20Cl2N2O5S. The minimum absolute atomic E-state index is 0.0633. The highest BCUT2D eigenvalue weighted by atomic mass is 35.5. The van der Waals surface area contributed by atoms with Gasteiger partial charge in [0.25, 0.3) is 15.9 Å². The quantitative estimate of drug-likeness (QED) is 0.452. The number of ether oxygens (including phenoxy) is 2. The smallest absolute Gasteiger partial charge is 0.262 e. The number of hydrogen-bond donors (Lipinski definition) is 2. The number of carbonyl (C=O) groups is 1. The van der Waals surface area contributed by atoms with Crippen LogP contribution in [-0.2, 0) is 14.8 Å². The molecule has 2 N–H and O–H groups in total. The van der Waals surface area contributed by atoms with E-state index in [1.54, 1.807) is 43.3 Å². The first kappa shape index (κ1) is 23.7.